The van der Waals surface area contributed by atoms with Gasteiger partial charge in [-0.1, -0.05) is 12.1 Å². The number of methoxy groups -OCH3 is 1. The Hall–Kier alpha value is -2.89. The molecule has 0 bridgehead atoms. The molecule has 1 aliphatic heterocycles. The van der Waals surface area contributed by atoms with E-state index >= 15 is 0 Å². The first-order chi connectivity index (χ1) is 11.7. The minimum absolute atomic E-state index is 0.219. The highest BCUT2D eigenvalue weighted by Gasteiger charge is 2.14. The molecule has 24 heavy (non-hydrogen) atoms. The van der Waals surface area contributed by atoms with Crippen molar-refractivity contribution in [3.63, 3.8) is 0 Å². The minimum atomic E-state index is -0.219. The van der Waals surface area contributed by atoms with E-state index in [1.165, 1.54) is 18.9 Å². The maximum atomic E-state index is 12.0. The van der Waals surface area contributed by atoms with E-state index in [1.807, 2.05) is 24.3 Å². The van der Waals surface area contributed by atoms with Gasteiger partial charge in [0.05, 0.1) is 25.2 Å². The molecule has 1 N–H and O–H groups in total. The smallest absolute Gasteiger partial charge is 0.248 e. The summed E-state index contributed by atoms with van der Waals surface area (Å²) in [5, 5.41) is 2.76. The number of anilines is 2. The molecule has 0 atom stereocenters. The van der Waals surface area contributed by atoms with Crippen LogP contribution in [0.1, 0.15) is 18.4 Å². The van der Waals surface area contributed by atoms with Gasteiger partial charge in [0.15, 0.2) is 0 Å². The zero-order valence-electron chi connectivity index (χ0n) is 13.6. The number of nitrogens with one attached hydrogen (secondary N) is 1. The fourth-order valence-corrected chi connectivity index (χ4v) is 2.54. The van der Waals surface area contributed by atoms with Gasteiger partial charge in [-0.15, -0.1) is 0 Å². The molecule has 2 aromatic rings. The number of nitrogens with zero attached hydrogens (tertiary/aromatic N) is 3. The number of amides is 1. The second-order valence-corrected chi connectivity index (χ2v) is 5.56. The zero-order chi connectivity index (χ0) is 16.8. The predicted octanol–water partition coefficient (Wildman–Crippen LogP) is 2.74. The monoisotopic (exact) mass is 324 g/mol. The molecule has 0 radical (unpaired) electrons. The Kier molecular flexibility index (Phi) is 5.05. The summed E-state index contributed by atoms with van der Waals surface area (Å²) in [6.07, 6.45) is 8.86. The Morgan fingerprint density at radius 3 is 2.46 bits per heavy atom. The lowest BCUT2D eigenvalue weighted by atomic mass is 10.2. The van der Waals surface area contributed by atoms with Gasteiger partial charge < -0.3 is 15.0 Å². The average Bonchev–Trinajstić information content (AvgIpc) is 3.16. The number of hydrogen-bond donors (Lipinski definition) is 1. The molecular formula is C18H20N4O2. The van der Waals surface area contributed by atoms with Crippen molar-refractivity contribution >= 4 is 23.6 Å². The van der Waals surface area contributed by atoms with Crippen molar-refractivity contribution in [2.75, 3.05) is 30.4 Å². The zero-order valence-corrected chi connectivity index (χ0v) is 13.6. The molecule has 1 aliphatic rings. The average molecular weight is 324 g/mol. The van der Waals surface area contributed by atoms with Crippen LogP contribution in [0, 0.1) is 0 Å². The first kappa shape index (κ1) is 16.0. The summed E-state index contributed by atoms with van der Waals surface area (Å²) >= 11 is 0. The molecule has 3 rings (SSSR count). The van der Waals surface area contributed by atoms with Crippen LogP contribution in [0.4, 0.5) is 11.6 Å². The van der Waals surface area contributed by atoms with Gasteiger partial charge >= 0.3 is 0 Å². The molecule has 0 saturated carbocycles. The van der Waals surface area contributed by atoms with Gasteiger partial charge in [0.1, 0.15) is 5.75 Å². The summed E-state index contributed by atoms with van der Waals surface area (Å²) in [5.74, 6) is 1.29. The highest BCUT2D eigenvalue weighted by Crippen LogP contribution is 2.16. The second-order valence-electron chi connectivity index (χ2n) is 5.56. The third-order valence-electron chi connectivity index (χ3n) is 3.84. The summed E-state index contributed by atoms with van der Waals surface area (Å²) in [6, 6.07) is 7.47. The Labute approximate surface area is 141 Å². The lowest BCUT2D eigenvalue weighted by Gasteiger charge is -2.14. The van der Waals surface area contributed by atoms with Crippen molar-refractivity contribution in [2.24, 2.45) is 0 Å². The fraction of sp³-hybridized carbons (Fsp3) is 0.278. The van der Waals surface area contributed by atoms with Crippen molar-refractivity contribution in [3.8, 4) is 5.75 Å². The summed E-state index contributed by atoms with van der Waals surface area (Å²) in [7, 11) is 1.62. The van der Waals surface area contributed by atoms with Crippen LogP contribution in [0.25, 0.3) is 6.08 Å². The van der Waals surface area contributed by atoms with E-state index in [2.05, 4.69) is 20.2 Å². The van der Waals surface area contributed by atoms with E-state index in [9.17, 15) is 4.79 Å². The summed E-state index contributed by atoms with van der Waals surface area (Å²) in [6.45, 7) is 1.99. The van der Waals surface area contributed by atoms with Crippen LogP contribution in [0.3, 0.4) is 0 Å². The van der Waals surface area contributed by atoms with E-state index in [1.54, 1.807) is 25.6 Å². The second kappa shape index (κ2) is 7.59. The van der Waals surface area contributed by atoms with Crippen LogP contribution in [0.2, 0.25) is 0 Å². The van der Waals surface area contributed by atoms with Crippen molar-refractivity contribution in [2.45, 2.75) is 12.8 Å². The van der Waals surface area contributed by atoms with E-state index < -0.39 is 0 Å². The third-order valence-corrected chi connectivity index (χ3v) is 3.84. The van der Waals surface area contributed by atoms with Crippen molar-refractivity contribution < 1.29 is 9.53 Å². The van der Waals surface area contributed by atoms with E-state index in [4.69, 9.17) is 4.74 Å². The quantitative estimate of drug-likeness (QED) is 0.857. The lowest BCUT2D eigenvalue weighted by molar-refractivity contribution is -0.111. The highest BCUT2D eigenvalue weighted by molar-refractivity contribution is 6.01. The molecule has 0 aliphatic carbocycles. The van der Waals surface area contributed by atoms with E-state index in [0.29, 0.717) is 5.69 Å². The molecule has 0 unspecified atom stereocenters. The topological polar surface area (TPSA) is 67.3 Å². The molecule has 124 valence electrons. The number of benzene rings is 1. The van der Waals surface area contributed by atoms with E-state index in [-0.39, 0.29) is 5.91 Å². The molecule has 1 aromatic carbocycles. The SMILES string of the molecule is COc1ccc(/C=C/C(=O)Nc2cnc(N3CCCC3)nc2)cc1. The molecule has 2 heterocycles. The largest absolute Gasteiger partial charge is 0.497 e. The third kappa shape index (κ3) is 4.10. The van der Waals surface area contributed by atoms with Gasteiger partial charge in [0.25, 0.3) is 0 Å². The van der Waals surface area contributed by atoms with Crippen molar-refractivity contribution in [3.05, 3.63) is 48.3 Å². The maximum absolute atomic E-state index is 12.0. The van der Waals surface area contributed by atoms with Crippen LogP contribution in [0.15, 0.2) is 42.7 Å². The lowest BCUT2D eigenvalue weighted by Crippen LogP contribution is -2.20. The Balaban J connectivity index is 1.56. The van der Waals surface area contributed by atoms with Crippen LogP contribution in [-0.2, 0) is 4.79 Å². The van der Waals surface area contributed by atoms with Gasteiger partial charge in [0, 0.05) is 19.2 Å². The van der Waals surface area contributed by atoms with E-state index in [0.717, 1.165) is 30.4 Å². The van der Waals surface area contributed by atoms with Crippen molar-refractivity contribution in [1.82, 2.24) is 9.97 Å². The number of ether oxygens (including phenoxy) is 1. The molecule has 6 nitrogen and oxygen atoms in total. The molecule has 1 saturated heterocycles. The summed E-state index contributed by atoms with van der Waals surface area (Å²) in [5.41, 5.74) is 1.51. The van der Waals surface area contributed by atoms with Crippen LogP contribution in [0.5, 0.6) is 5.75 Å². The Morgan fingerprint density at radius 1 is 1.17 bits per heavy atom. The van der Waals surface area contributed by atoms with Crippen LogP contribution in [-0.4, -0.2) is 36.1 Å². The molecule has 0 spiro atoms. The van der Waals surface area contributed by atoms with Gasteiger partial charge in [-0.05, 0) is 36.6 Å². The maximum Gasteiger partial charge on any atom is 0.248 e. The molecular weight excluding hydrogens is 304 g/mol. The van der Waals surface area contributed by atoms with Gasteiger partial charge in [-0.3, -0.25) is 4.79 Å². The first-order valence-electron chi connectivity index (χ1n) is 7.95. The summed E-state index contributed by atoms with van der Waals surface area (Å²) in [4.78, 5) is 22.7. The number of carbonyl (C=O) groups excluding carboxylic acids is 1. The standard InChI is InChI=1S/C18H20N4O2/c1-24-16-7-4-14(5-8-16)6-9-17(23)21-15-12-19-18(20-13-15)22-10-2-3-11-22/h4-9,12-13H,2-3,10-11H2,1H3,(H,21,23)/b9-6+. The molecule has 1 fully saturated rings. The minimum Gasteiger partial charge on any atom is -0.497 e. The summed E-state index contributed by atoms with van der Waals surface area (Å²) < 4.78 is 5.10. The predicted molar refractivity (Wildman–Crippen MR) is 94.1 cm³/mol. The fourth-order valence-electron chi connectivity index (χ4n) is 2.54. The Morgan fingerprint density at radius 2 is 1.83 bits per heavy atom. The van der Waals surface area contributed by atoms with Gasteiger partial charge in [-0.2, -0.15) is 0 Å². The number of carbonyl (C=O) groups is 1. The van der Waals surface area contributed by atoms with Crippen molar-refractivity contribution in [1.29, 1.82) is 0 Å². The first-order valence-corrected chi connectivity index (χ1v) is 7.95. The normalized spacial score (nSPS) is 14.1. The van der Waals surface area contributed by atoms with Crippen LogP contribution >= 0.6 is 0 Å². The Bertz CT molecular complexity index is 705. The number of hydrogen-bond acceptors (Lipinski definition) is 5. The number of aromatic nitrogens is 2. The van der Waals surface area contributed by atoms with Gasteiger partial charge in [0.2, 0.25) is 11.9 Å². The van der Waals surface area contributed by atoms with Gasteiger partial charge in [-0.25, -0.2) is 9.97 Å². The molecule has 1 amide bonds. The molecule has 6 heteroatoms. The van der Waals surface area contributed by atoms with Crippen LogP contribution < -0.4 is 15.0 Å². The highest BCUT2D eigenvalue weighted by atomic mass is 16.5. The molecule has 1 aromatic heterocycles. The number of rotatable bonds is 5.